The van der Waals surface area contributed by atoms with Crippen molar-refractivity contribution in [2.24, 2.45) is 0 Å². The highest BCUT2D eigenvalue weighted by Crippen LogP contribution is 2.26. The molecule has 1 aromatic rings. The summed E-state index contributed by atoms with van der Waals surface area (Å²) in [4.78, 5) is 14.8. The van der Waals surface area contributed by atoms with Crippen LogP contribution in [0.5, 0.6) is 0 Å². The molecular formula is C15H19Br2NO. The molecule has 104 valence electrons. The number of amides is 1. The number of carbonyl (C=O) groups excluding carboxylic acids is 1. The molecule has 1 fully saturated rings. The van der Waals surface area contributed by atoms with Gasteiger partial charge in [-0.25, -0.2) is 0 Å². The summed E-state index contributed by atoms with van der Waals surface area (Å²) >= 11 is 6.91. The van der Waals surface area contributed by atoms with Gasteiger partial charge in [-0.15, -0.1) is 0 Å². The molecule has 1 aromatic carbocycles. The van der Waals surface area contributed by atoms with Gasteiger partial charge in [0, 0.05) is 28.0 Å². The maximum Gasteiger partial charge on any atom is 0.254 e. The Labute approximate surface area is 131 Å². The van der Waals surface area contributed by atoms with Crippen molar-refractivity contribution in [3.63, 3.8) is 0 Å². The van der Waals surface area contributed by atoms with E-state index in [9.17, 15) is 4.79 Å². The van der Waals surface area contributed by atoms with E-state index in [4.69, 9.17) is 0 Å². The Morgan fingerprint density at radius 1 is 1.37 bits per heavy atom. The molecule has 19 heavy (non-hydrogen) atoms. The molecule has 0 unspecified atom stereocenters. The largest absolute Gasteiger partial charge is 0.335 e. The lowest BCUT2D eigenvalue weighted by atomic mass is 10.1. The number of nitrogens with zero attached hydrogens (tertiary/aromatic N) is 1. The van der Waals surface area contributed by atoms with Gasteiger partial charge in [0.15, 0.2) is 0 Å². The molecule has 1 aliphatic rings. The molecule has 1 aliphatic carbocycles. The lowest BCUT2D eigenvalue weighted by Gasteiger charge is -2.29. The van der Waals surface area contributed by atoms with Crippen LogP contribution in [-0.2, 0) is 0 Å². The number of aryl methyl sites for hydroxylation is 1. The van der Waals surface area contributed by atoms with Gasteiger partial charge in [-0.2, -0.15) is 0 Å². The zero-order chi connectivity index (χ0) is 13.8. The monoisotopic (exact) mass is 387 g/mol. The number of carbonyl (C=O) groups is 1. The summed E-state index contributed by atoms with van der Waals surface area (Å²) in [6, 6.07) is 6.31. The van der Waals surface area contributed by atoms with Crippen LogP contribution < -0.4 is 0 Å². The van der Waals surface area contributed by atoms with E-state index < -0.39 is 0 Å². The molecule has 1 amide bonds. The highest BCUT2D eigenvalue weighted by Gasteiger charge is 2.27. The first-order chi connectivity index (χ1) is 9.13. The number of hydrogen-bond donors (Lipinski definition) is 0. The fourth-order valence-corrected chi connectivity index (χ4v) is 3.64. The molecule has 0 radical (unpaired) electrons. The SMILES string of the molecule is Cc1cc(Br)ccc1C(=O)N(CCBr)C1CCCC1. The zero-order valence-corrected chi connectivity index (χ0v) is 14.3. The Bertz CT molecular complexity index is 455. The lowest BCUT2D eigenvalue weighted by Crippen LogP contribution is -2.40. The van der Waals surface area contributed by atoms with Crippen molar-refractivity contribution >= 4 is 37.8 Å². The van der Waals surface area contributed by atoms with Gasteiger partial charge < -0.3 is 4.90 Å². The topological polar surface area (TPSA) is 20.3 Å². The van der Waals surface area contributed by atoms with Gasteiger partial charge in [0.1, 0.15) is 0 Å². The van der Waals surface area contributed by atoms with Crippen molar-refractivity contribution in [3.05, 3.63) is 33.8 Å². The molecule has 0 atom stereocenters. The average Bonchev–Trinajstić information content (AvgIpc) is 2.89. The quantitative estimate of drug-likeness (QED) is 0.693. The van der Waals surface area contributed by atoms with E-state index in [1.807, 2.05) is 25.1 Å². The second-order valence-electron chi connectivity index (χ2n) is 5.09. The molecule has 0 spiro atoms. The standard InChI is InChI=1S/C15H19Br2NO/c1-11-10-12(17)6-7-14(11)15(19)18(9-8-16)13-4-2-3-5-13/h6-7,10,13H,2-5,8-9H2,1H3. The Morgan fingerprint density at radius 3 is 2.63 bits per heavy atom. The summed E-state index contributed by atoms with van der Waals surface area (Å²) < 4.78 is 1.02. The molecule has 0 aliphatic heterocycles. The molecule has 2 nitrogen and oxygen atoms in total. The van der Waals surface area contributed by atoms with Gasteiger partial charge in [0.25, 0.3) is 5.91 Å². The predicted molar refractivity (Wildman–Crippen MR) is 86.0 cm³/mol. The van der Waals surface area contributed by atoms with Crippen LogP contribution in [0.25, 0.3) is 0 Å². The number of halogens is 2. The van der Waals surface area contributed by atoms with E-state index in [1.165, 1.54) is 12.8 Å². The first-order valence-electron chi connectivity index (χ1n) is 6.76. The third kappa shape index (κ3) is 3.60. The normalized spacial score (nSPS) is 15.7. The van der Waals surface area contributed by atoms with Crippen molar-refractivity contribution < 1.29 is 4.79 Å². The van der Waals surface area contributed by atoms with Crippen LogP contribution in [0.3, 0.4) is 0 Å². The minimum atomic E-state index is 0.177. The van der Waals surface area contributed by atoms with Crippen LogP contribution in [0.4, 0.5) is 0 Å². The van der Waals surface area contributed by atoms with E-state index in [2.05, 4.69) is 36.8 Å². The van der Waals surface area contributed by atoms with Crippen LogP contribution in [0.2, 0.25) is 0 Å². The minimum absolute atomic E-state index is 0.177. The van der Waals surface area contributed by atoms with Gasteiger partial charge in [0.2, 0.25) is 0 Å². The summed E-state index contributed by atoms with van der Waals surface area (Å²) in [5, 5.41) is 0.838. The Hall–Kier alpha value is -0.350. The fourth-order valence-electron chi connectivity index (χ4n) is 2.78. The second-order valence-corrected chi connectivity index (χ2v) is 6.79. The maximum absolute atomic E-state index is 12.7. The van der Waals surface area contributed by atoms with Crippen molar-refractivity contribution in [2.45, 2.75) is 38.6 Å². The van der Waals surface area contributed by atoms with Gasteiger partial charge in [-0.1, -0.05) is 44.7 Å². The molecule has 4 heteroatoms. The zero-order valence-electron chi connectivity index (χ0n) is 11.2. The molecular weight excluding hydrogens is 370 g/mol. The van der Waals surface area contributed by atoms with Crippen molar-refractivity contribution in [1.82, 2.24) is 4.90 Å². The smallest absolute Gasteiger partial charge is 0.254 e. The first-order valence-corrected chi connectivity index (χ1v) is 8.68. The van der Waals surface area contributed by atoms with Gasteiger partial charge >= 0.3 is 0 Å². The van der Waals surface area contributed by atoms with E-state index in [0.717, 1.165) is 40.3 Å². The highest BCUT2D eigenvalue weighted by atomic mass is 79.9. The summed E-state index contributed by atoms with van der Waals surface area (Å²) in [6.07, 6.45) is 4.79. The molecule has 1 saturated carbocycles. The molecule has 0 N–H and O–H groups in total. The molecule has 0 saturated heterocycles. The number of hydrogen-bond acceptors (Lipinski definition) is 1. The van der Waals surface area contributed by atoms with Crippen LogP contribution in [0, 0.1) is 6.92 Å². The summed E-state index contributed by atoms with van der Waals surface area (Å²) in [5.41, 5.74) is 1.87. The maximum atomic E-state index is 12.7. The van der Waals surface area contributed by atoms with E-state index in [-0.39, 0.29) is 5.91 Å². The molecule has 0 heterocycles. The van der Waals surface area contributed by atoms with Crippen molar-refractivity contribution in [3.8, 4) is 0 Å². The van der Waals surface area contributed by atoms with Crippen molar-refractivity contribution in [2.75, 3.05) is 11.9 Å². The number of alkyl halides is 1. The van der Waals surface area contributed by atoms with Crippen LogP contribution in [0.1, 0.15) is 41.6 Å². The van der Waals surface area contributed by atoms with Crippen molar-refractivity contribution in [1.29, 1.82) is 0 Å². The number of rotatable bonds is 4. The Kier molecular flexibility index (Phi) is 5.46. The van der Waals surface area contributed by atoms with Crippen LogP contribution in [-0.4, -0.2) is 28.7 Å². The lowest BCUT2D eigenvalue weighted by molar-refractivity contribution is 0.0695. The third-order valence-corrected chi connectivity index (χ3v) is 4.62. The average molecular weight is 389 g/mol. The van der Waals surface area contributed by atoms with Crippen LogP contribution in [0.15, 0.2) is 22.7 Å². The summed E-state index contributed by atoms with van der Waals surface area (Å²) in [6.45, 7) is 2.79. The molecule has 0 aromatic heterocycles. The predicted octanol–water partition coefficient (Wildman–Crippen LogP) is 4.54. The second kappa shape index (κ2) is 6.89. The van der Waals surface area contributed by atoms with Gasteiger partial charge in [0.05, 0.1) is 0 Å². The minimum Gasteiger partial charge on any atom is -0.335 e. The Morgan fingerprint density at radius 2 is 2.05 bits per heavy atom. The Balaban J connectivity index is 2.22. The van der Waals surface area contributed by atoms with Crippen LogP contribution >= 0.6 is 31.9 Å². The number of benzene rings is 1. The van der Waals surface area contributed by atoms with Gasteiger partial charge in [-0.05, 0) is 43.5 Å². The molecule has 0 bridgehead atoms. The first kappa shape index (κ1) is 15.0. The van der Waals surface area contributed by atoms with E-state index in [1.54, 1.807) is 0 Å². The van der Waals surface area contributed by atoms with E-state index >= 15 is 0 Å². The summed E-state index contributed by atoms with van der Waals surface area (Å²) in [5.74, 6) is 0.177. The third-order valence-electron chi connectivity index (χ3n) is 3.77. The highest BCUT2D eigenvalue weighted by molar-refractivity contribution is 9.10. The molecule has 2 rings (SSSR count). The van der Waals surface area contributed by atoms with E-state index in [0.29, 0.717) is 6.04 Å². The summed E-state index contributed by atoms with van der Waals surface area (Å²) in [7, 11) is 0. The fraction of sp³-hybridized carbons (Fsp3) is 0.533. The van der Waals surface area contributed by atoms with Gasteiger partial charge in [-0.3, -0.25) is 4.79 Å².